The van der Waals surface area contributed by atoms with E-state index in [1.165, 1.54) is 12.8 Å². The van der Waals surface area contributed by atoms with Gasteiger partial charge in [-0.15, -0.1) is 0 Å². The number of anilines is 1. The van der Waals surface area contributed by atoms with Gasteiger partial charge in [0.15, 0.2) is 0 Å². The number of rotatable bonds is 3. The van der Waals surface area contributed by atoms with E-state index in [0.29, 0.717) is 0 Å². The Morgan fingerprint density at radius 1 is 1.45 bits per heavy atom. The van der Waals surface area contributed by atoms with Gasteiger partial charge in [0.25, 0.3) is 0 Å². The van der Waals surface area contributed by atoms with Gasteiger partial charge in [-0.2, -0.15) is 0 Å². The molecule has 1 fully saturated rings. The van der Waals surface area contributed by atoms with Crippen LogP contribution in [-0.4, -0.2) is 23.6 Å². The molecule has 112 valence electrons. The number of piperidine rings is 1. The highest BCUT2D eigenvalue weighted by atomic mass is 35.5. The maximum Gasteiger partial charge on any atom is 0.128 e. The van der Waals surface area contributed by atoms with Gasteiger partial charge in [0.1, 0.15) is 5.82 Å². The van der Waals surface area contributed by atoms with E-state index in [4.69, 9.17) is 11.6 Å². The monoisotopic (exact) mass is 295 g/mol. The first-order chi connectivity index (χ1) is 9.35. The molecule has 0 aromatic carbocycles. The highest BCUT2D eigenvalue weighted by molar-refractivity contribution is 6.31. The standard InChI is InChI=1S/C16H26ClN3/c1-12-6-5-7-20(11-12)15-8-13(14(17)10-18-15)9-19-16(2,3)4/h8,10,12,19H,5-7,9,11H2,1-4H3. The minimum absolute atomic E-state index is 0.0897. The summed E-state index contributed by atoms with van der Waals surface area (Å²) in [6.45, 7) is 11.8. The molecule has 1 unspecified atom stereocenters. The van der Waals surface area contributed by atoms with Crippen molar-refractivity contribution < 1.29 is 0 Å². The fraction of sp³-hybridized carbons (Fsp3) is 0.688. The molecule has 1 aromatic heterocycles. The van der Waals surface area contributed by atoms with Gasteiger partial charge in [0.05, 0.1) is 5.02 Å². The Labute approximate surface area is 127 Å². The van der Waals surface area contributed by atoms with E-state index in [9.17, 15) is 0 Å². The second-order valence-electron chi connectivity index (χ2n) is 6.93. The third-order valence-electron chi connectivity index (χ3n) is 3.71. The highest BCUT2D eigenvalue weighted by Crippen LogP contribution is 2.25. The maximum atomic E-state index is 6.27. The lowest BCUT2D eigenvalue weighted by molar-refractivity contribution is 0.424. The van der Waals surface area contributed by atoms with Crippen molar-refractivity contribution in [2.24, 2.45) is 5.92 Å². The number of nitrogens with one attached hydrogen (secondary N) is 1. The molecule has 0 spiro atoms. The summed E-state index contributed by atoms with van der Waals surface area (Å²) < 4.78 is 0. The van der Waals surface area contributed by atoms with Crippen molar-refractivity contribution in [1.82, 2.24) is 10.3 Å². The summed E-state index contributed by atoms with van der Waals surface area (Å²) >= 11 is 6.27. The predicted octanol–water partition coefficient (Wildman–Crippen LogP) is 3.86. The van der Waals surface area contributed by atoms with Crippen LogP contribution in [0.4, 0.5) is 5.82 Å². The molecule has 1 aromatic rings. The molecule has 1 aliphatic rings. The summed E-state index contributed by atoms with van der Waals surface area (Å²) in [5.41, 5.74) is 1.22. The number of halogens is 1. The van der Waals surface area contributed by atoms with E-state index in [1.54, 1.807) is 6.20 Å². The minimum Gasteiger partial charge on any atom is -0.356 e. The van der Waals surface area contributed by atoms with Crippen LogP contribution in [0.15, 0.2) is 12.3 Å². The first kappa shape index (κ1) is 15.6. The van der Waals surface area contributed by atoms with Crippen molar-refractivity contribution in [1.29, 1.82) is 0 Å². The summed E-state index contributed by atoms with van der Waals surface area (Å²) in [6.07, 6.45) is 4.36. The zero-order valence-corrected chi connectivity index (χ0v) is 13.8. The van der Waals surface area contributed by atoms with Crippen molar-refractivity contribution in [2.45, 2.75) is 52.6 Å². The van der Waals surface area contributed by atoms with Crippen molar-refractivity contribution in [3.63, 3.8) is 0 Å². The third kappa shape index (κ3) is 4.35. The van der Waals surface area contributed by atoms with Crippen LogP contribution in [0.5, 0.6) is 0 Å². The summed E-state index contributed by atoms with van der Waals surface area (Å²) in [7, 11) is 0. The molecule has 0 aliphatic carbocycles. The third-order valence-corrected chi connectivity index (χ3v) is 4.05. The van der Waals surface area contributed by atoms with E-state index in [0.717, 1.165) is 42.0 Å². The molecule has 0 amide bonds. The first-order valence-electron chi connectivity index (χ1n) is 7.49. The van der Waals surface area contributed by atoms with Crippen LogP contribution in [0.1, 0.15) is 46.1 Å². The Hall–Kier alpha value is -0.800. The number of nitrogens with zero attached hydrogens (tertiary/aromatic N) is 2. The van der Waals surface area contributed by atoms with Crippen LogP contribution in [0.3, 0.4) is 0 Å². The van der Waals surface area contributed by atoms with Gasteiger partial charge in [-0.1, -0.05) is 18.5 Å². The van der Waals surface area contributed by atoms with Crippen LogP contribution >= 0.6 is 11.6 Å². The van der Waals surface area contributed by atoms with Crippen LogP contribution < -0.4 is 10.2 Å². The van der Waals surface area contributed by atoms with Crippen molar-refractivity contribution in [3.05, 3.63) is 22.8 Å². The van der Waals surface area contributed by atoms with Gasteiger partial charge in [-0.05, 0) is 51.2 Å². The maximum absolute atomic E-state index is 6.27. The lowest BCUT2D eigenvalue weighted by atomic mass is 10.0. The topological polar surface area (TPSA) is 28.2 Å². The quantitative estimate of drug-likeness (QED) is 0.918. The summed E-state index contributed by atoms with van der Waals surface area (Å²) in [5.74, 6) is 1.81. The van der Waals surface area contributed by atoms with E-state index in [2.05, 4.69) is 49.0 Å². The van der Waals surface area contributed by atoms with E-state index in [1.807, 2.05) is 0 Å². The van der Waals surface area contributed by atoms with E-state index < -0.39 is 0 Å². The summed E-state index contributed by atoms with van der Waals surface area (Å²) in [6, 6.07) is 2.14. The molecule has 1 saturated heterocycles. The zero-order valence-electron chi connectivity index (χ0n) is 13.0. The fourth-order valence-corrected chi connectivity index (χ4v) is 2.70. The number of hydrogen-bond donors (Lipinski definition) is 1. The fourth-order valence-electron chi connectivity index (χ4n) is 2.53. The number of pyridine rings is 1. The SMILES string of the molecule is CC1CCCN(c2cc(CNC(C)(C)C)c(Cl)cn2)C1. The minimum atomic E-state index is 0.0897. The number of hydrogen-bond acceptors (Lipinski definition) is 3. The lowest BCUT2D eigenvalue weighted by Crippen LogP contribution is -2.36. The zero-order chi connectivity index (χ0) is 14.8. The van der Waals surface area contributed by atoms with Gasteiger partial charge >= 0.3 is 0 Å². The largest absolute Gasteiger partial charge is 0.356 e. The molecular formula is C16H26ClN3. The average molecular weight is 296 g/mol. The van der Waals surface area contributed by atoms with Gasteiger partial charge in [-0.3, -0.25) is 0 Å². The van der Waals surface area contributed by atoms with Gasteiger partial charge < -0.3 is 10.2 Å². The molecule has 4 heteroatoms. The molecule has 20 heavy (non-hydrogen) atoms. The second-order valence-corrected chi connectivity index (χ2v) is 7.34. The van der Waals surface area contributed by atoms with Crippen molar-refractivity contribution in [2.75, 3.05) is 18.0 Å². The Morgan fingerprint density at radius 2 is 2.20 bits per heavy atom. The summed E-state index contributed by atoms with van der Waals surface area (Å²) in [4.78, 5) is 6.89. The molecule has 1 N–H and O–H groups in total. The molecule has 1 atom stereocenters. The Bertz CT molecular complexity index is 454. The van der Waals surface area contributed by atoms with E-state index in [-0.39, 0.29) is 5.54 Å². The normalized spacial score (nSPS) is 20.2. The van der Waals surface area contributed by atoms with Gasteiger partial charge in [-0.25, -0.2) is 4.98 Å². The molecule has 0 saturated carbocycles. The molecule has 1 aliphatic heterocycles. The van der Waals surface area contributed by atoms with Crippen molar-refractivity contribution >= 4 is 17.4 Å². The number of aromatic nitrogens is 1. The van der Waals surface area contributed by atoms with Crippen LogP contribution in [-0.2, 0) is 6.54 Å². The Kier molecular flexibility index (Phi) is 4.92. The smallest absolute Gasteiger partial charge is 0.128 e. The van der Waals surface area contributed by atoms with Crippen LogP contribution in [0, 0.1) is 5.92 Å². The van der Waals surface area contributed by atoms with E-state index >= 15 is 0 Å². The molecule has 2 heterocycles. The summed E-state index contributed by atoms with van der Waals surface area (Å²) in [5, 5.41) is 4.23. The predicted molar refractivity (Wildman–Crippen MR) is 86.5 cm³/mol. The highest BCUT2D eigenvalue weighted by Gasteiger charge is 2.18. The second kappa shape index (κ2) is 6.31. The van der Waals surface area contributed by atoms with Crippen molar-refractivity contribution in [3.8, 4) is 0 Å². The average Bonchev–Trinajstić information content (AvgIpc) is 2.37. The molecule has 3 nitrogen and oxygen atoms in total. The van der Waals surface area contributed by atoms with Gasteiger partial charge in [0, 0.05) is 31.4 Å². The molecule has 0 bridgehead atoms. The Balaban J connectivity index is 2.11. The first-order valence-corrected chi connectivity index (χ1v) is 7.87. The molecular weight excluding hydrogens is 270 g/mol. The van der Waals surface area contributed by atoms with Crippen LogP contribution in [0.25, 0.3) is 0 Å². The Morgan fingerprint density at radius 3 is 2.85 bits per heavy atom. The molecule has 2 rings (SSSR count). The molecule has 0 radical (unpaired) electrons. The lowest BCUT2D eigenvalue weighted by Gasteiger charge is -2.32. The van der Waals surface area contributed by atoms with Crippen LogP contribution in [0.2, 0.25) is 5.02 Å². The van der Waals surface area contributed by atoms with Gasteiger partial charge in [0.2, 0.25) is 0 Å².